The van der Waals surface area contributed by atoms with Gasteiger partial charge in [0.05, 0.1) is 0 Å². The van der Waals surface area contributed by atoms with Crippen molar-refractivity contribution in [2.24, 2.45) is 0 Å². The van der Waals surface area contributed by atoms with E-state index in [0.29, 0.717) is 0 Å². The van der Waals surface area contributed by atoms with Gasteiger partial charge in [0.2, 0.25) is 0 Å². The molecule has 0 atom stereocenters. The van der Waals surface area contributed by atoms with Gasteiger partial charge in [-0.1, -0.05) is 206 Å². The smallest absolute Gasteiger partial charge is 0.00489 e. The Kier molecular flexibility index (Phi) is 42.8. The molecule has 0 amide bonds. The number of unbranched alkanes of at least 4 members (excludes halogenated alkanes) is 30. The maximum atomic E-state index is 3.68. The molecule has 38 heavy (non-hydrogen) atoms. The zero-order valence-electron chi connectivity index (χ0n) is 26.9. The summed E-state index contributed by atoms with van der Waals surface area (Å²) in [5.74, 6) is 0. The number of rotatable bonds is 34. The lowest BCUT2D eigenvalue weighted by atomic mass is 10.0. The van der Waals surface area contributed by atoms with Crippen LogP contribution in [0.5, 0.6) is 0 Å². The van der Waals surface area contributed by atoms with Crippen molar-refractivity contribution in [3.63, 3.8) is 0 Å². The van der Waals surface area contributed by atoms with Gasteiger partial charge in [-0.2, -0.15) is 0 Å². The fourth-order valence-corrected chi connectivity index (χ4v) is 5.72. The maximum Gasteiger partial charge on any atom is -0.00489 e. The van der Waals surface area contributed by atoms with Crippen LogP contribution < -0.4 is 5.32 Å². The van der Waals surface area contributed by atoms with Crippen molar-refractivity contribution < 1.29 is 0 Å². The van der Waals surface area contributed by atoms with Gasteiger partial charge in [-0.3, -0.25) is 0 Å². The molecule has 0 aromatic rings. The van der Waals surface area contributed by atoms with Crippen LogP contribution in [0.4, 0.5) is 0 Å². The van der Waals surface area contributed by atoms with Gasteiger partial charge in [-0.15, -0.1) is 24.0 Å². The molecule has 0 aliphatic carbocycles. The van der Waals surface area contributed by atoms with E-state index in [-0.39, 0.29) is 24.0 Å². The predicted octanol–water partition coefficient (Wildman–Crippen LogP) is 13.7. The highest BCUT2D eigenvalue weighted by molar-refractivity contribution is 14.0. The van der Waals surface area contributed by atoms with Crippen molar-refractivity contribution in [3.8, 4) is 0 Å². The van der Waals surface area contributed by atoms with Crippen molar-refractivity contribution >= 4 is 24.0 Å². The summed E-state index contributed by atoms with van der Waals surface area (Å²) in [6.45, 7) is 7.11. The van der Waals surface area contributed by atoms with E-state index in [1.165, 1.54) is 219 Å². The average molecular weight is 650 g/mol. The van der Waals surface area contributed by atoms with Gasteiger partial charge < -0.3 is 5.32 Å². The first-order valence-corrected chi connectivity index (χ1v) is 18.1. The lowest BCUT2D eigenvalue weighted by Gasteiger charge is -2.06. The van der Waals surface area contributed by atoms with E-state index < -0.39 is 0 Å². The van der Waals surface area contributed by atoms with Crippen LogP contribution in [0.1, 0.15) is 219 Å². The molecule has 0 fully saturated rings. The van der Waals surface area contributed by atoms with E-state index in [9.17, 15) is 0 Å². The van der Waals surface area contributed by atoms with Crippen molar-refractivity contribution in [2.75, 3.05) is 13.1 Å². The Morgan fingerprint density at radius 3 is 0.579 bits per heavy atom. The Labute approximate surface area is 260 Å². The average Bonchev–Trinajstić information content (AvgIpc) is 2.91. The topological polar surface area (TPSA) is 12.0 Å². The Bertz CT molecular complexity index is 338. The summed E-state index contributed by atoms with van der Waals surface area (Å²) in [5.41, 5.74) is 0. The van der Waals surface area contributed by atoms with Crippen molar-refractivity contribution in [2.45, 2.75) is 219 Å². The third-order valence-electron chi connectivity index (χ3n) is 8.41. The monoisotopic (exact) mass is 650 g/mol. The molecule has 0 aromatic heterocycles. The lowest BCUT2D eigenvalue weighted by molar-refractivity contribution is 0.515. The predicted molar refractivity (Wildman–Crippen MR) is 187 cm³/mol. The Balaban J connectivity index is 0. The van der Waals surface area contributed by atoms with Gasteiger partial charge in [-0.05, 0) is 25.9 Å². The van der Waals surface area contributed by atoms with E-state index in [1.54, 1.807) is 0 Å². The molecule has 0 rings (SSSR count). The SMILES string of the molecule is CCCCCCCCCCCCCCCCCCNCCCCCCCCCCCCCCCCCC.I. The van der Waals surface area contributed by atoms with E-state index in [4.69, 9.17) is 0 Å². The summed E-state index contributed by atoms with van der Waals surface area (Å²) < 4.78 is 0. The minimum Gasteiger partial charge on any atom is -0.317 e. The van der Waals surface area contributed by atoms with E-state index >= 15 is 0 Å². The fourth-order valence-electron chi connectivity index (χ4n) is 5.72. The van der Waals surface area contributed by atoms with E-state index in [2.05, 4.69) is 19.2 Å². The molecule has 1 nitrogen and oxygen atoms in total. The van der Waals surface area contributed by atoms with Gasteiger partial charge in [0.1, 0.15) is 0 Å². The summed E-state index contributed by atoms with van der Waals surface area (Å²) in [6, 6.07) is 0. The maximum absolute atomic E-state index is 3.68. The molecule has 0 spiro atoms. The molecular formula is C36H76IN. The fraction of sp³-hybridized carbons (Fsp3) is 1.00. The molecule has 0 saturated heterocycles. The third kappa shape index (κ3) is 38.8. The highest BCUT2D eigenvalue weighted by Crippen LogP contribution is 2.15. The first-order valence-electron chi connectivity index (χ1n) is 18.1. The van der Waals surface area contributed by atoms with Gasteiger partial charge in [0.25, 0.3) is 0 Å². The zero-order chi connectivity index (χ0) is 26.7. The van der Waals surface area contributed by atoms with E-state index in [1.807, 2.05) is 0 Å². The molecule has 1 N–H and O–H groups in total. The number of halogens is 1. The zero-order valence-corrected chi connectivity index (χ0v) is 29.3. The standard InChI is InChI=1S/C36H75N.HI/c1-3-5-7-9-11-13-15-17-19-21-23-25-27-29-31-33-35-37-36-34-32-30-28-26-24-22-20-18-16-14-12-10-8-6-4-2;/h37H,3-36H2,1-2H3;1H. The molecule has 0 aliphatic rings. The summed E-state index contributed by atoms with van der Waals surface area (Å²) >= 11 is 0. The van der Waals surface area contributed by atoms with Crippen LogP contribution in [-0.4, -0.2) is 13.1 Å². The quantitative estimate of drug-likeness (QED) is 0.0540. The number of hydrogen-bond donors (Lipinski definition) is 1. The first-order chi connectivity index (χ1) is 18.4. The van der Waals surface area contributed by atoms with Crippen LogP contribution in [0.15, 0.2) is 0 Å². The largest absolute Gasteiger partial charge is 0.317 e. The third-order valence-corrected chi connectivity index (χ3v) is 8.41. The number of hydrogen-bond acceptors (Lipinski definition) is 1. The molecule has 0 radical (unpaired) electrons. The minimum absolute atomic E-state index is 0. The van der Waals surface area contributed by atoms with Crippen molar-refractivity contribution in [1.82, 2.24) is 5.32 Å². The van der Waals surface area contributed by atoms with Crippen LogP contribution in [0.25, 0.3) is 0 Å². The molecule has 0 saturated carbocycles. The molecule has 0 aliphatic heterocycles. The second-order valence-electron chi connectivity index (χ2n) is 12.4. The first kappa shape index (κ1) is 40.8. The molecule has 0 unspecified atom stereocenters. The second-order valence-corrected chi connectivity index (χ2v) is 12.4. The van der Waals surface area contributed by atoms with Crippen LogP contribution in [0.3, 0.4) is 0 Å². The van der Waals surface area contributed by atoms with Crippen molar-refractivity contribution in [3.05, 3.63) is 0 Å². The van der Waals surface area contributed by atoms with E-state index in [0.717, 1.165) is 0 Å². The normalized spacial score (nSPS) is 11.2. The molecular weight excluding hydrogens is 573 g/mol. The molecule has 0 aromatic carbocycles. The molecule has 0 bridgehead atoms. The number of nitrogens with one attached hydrogen (secondary N) is 1. The van der Waals surface area contributed by atoms with Crippen LogP contribution in [0.2, 0.25) is 0 Å². The minimum atomic E-state index is 0. The van der Waals surface area contributed by atoms with Gasteiger partial charge in [0.15, 0.2) is 0 Å². The second kappa shape index (κ2) is 39.8. The van der Waals surface area contributed by atoms with Gasteiger partial charge in [-0.25, -0.2) is 0 Å². The Morgan fingerprint density at radius 2 is 0.395 bits per heavy atom. The summed E-state index contributed by atoms with van der Waals surface area (Å²) in [5, 5.41) is 3.68. The summed E-state index contributed by atoms with van der Waals surface area (Å²) in [7, 11) is 0. The molecule has 2 heteroatoms. The summed E-state index contributed by atoms with van der Waals surface area (Å²) in [6.07, 6.45) is 46.7. The highest BCUT2D eigenvalue weighted by atomic mass is 127. The Morgan fingerprint density at radius 1 is 0.237 bits per heavy atom. The Hall–Kier alpha value is 0.690. The van der Waals surface area contributed by atoms with Crippen LogP contribution in [0, 0.1) is 0 Å². The summed E-state index contributed by atoms with van der Waals surface area (Å²) in [4.78, 5) is 0. The molecule has 0 heterocycles. The molecule has 232 valence electrons. The van der Waals surface area contributed by atoms with Crippen LogP contribution in [-0.2, 0) is 0 Å². The van der Waals surface area contributed by atoms with Gasteiger partial charge >= 0.3 is 0 Å². The lowest BCUT2D eigenvalue weighted by Crippen LogP contribution is -2.16. The van der Waals surface area contributed by atoms with Crippen molar-refractivity contribution in [1.29, 1.82) is 0 Å². The van der Waals surface area contributed by atoms with Gasteiger partial charge in [0, 0.05) is 0 Å². The highest BCUT2D eigenvalue weighted by Gasteiger charge is 1.97. The van der Waals surface area contributed by atoms with Crippen LogP contribution >= 0.6 is 24.0 Å².